The van der Waals surface area contributed by atoms with Crippen LogP contribution in [0.25, 0.3) is 17.2 Å². The lowest BCUT2D eigenvalue weighted by Gasteiger charge is -2.18. The lowest BCUT2D eigenvalue weighted by molar-refractivity contribution is -0.677. The number of oxazole rings is 1. The van der Waals surface area contributed by atoms with Crippen molar-refractivity contribution in [3.63, 3.8) is 0 Å². The summed E-state index contributed by atoms with van der Waals surface area (Å²) >= 11 is 0. The zero-order valence-electron chi connectivity index (χ0n) is 22.9. The van der Waals surface area contributed by atoms with Crippen molar-refractivity contribution in [3.8, 4) is 17.2 Å². The van der Waals surface area contributed by atoms with Gasteiger partial charge < -0.3 is 23.5 Å². The topological polar surface area (TPSA) is 157 Å². The smallest absolute Gasteiger partial charge is 0.374 e. The van der Waals surface area contributed by atoms with Crippen molar-refractivity contribution in [2.24, 2.45) is 0 Å². The molecule has 0 saturated carbocycles. The van der Waals surface area contributed by atoms with Crippen LogP contribution in [0.2, 0.25) is 0 Å². The lowest BCUT2D eigenvalue weighted by atomic mass is 10.1. The van der Waals surface area contributed by atoms with Crippen LogP contribution in [0.1, 0.15) is 32.1 Å². The molecule has 0 spiro atoms. The molecule has 0 amide bonds. The maximum absolute atomic E-state index is 11.3. The Morgan fingerprint density at radius 2 is 1.63 bits per heavy atom. The molecular weight excluding hydrogens is 576 g/mol. The van der Waals surface area contributed by atoms with Crippen molar-refractivity contribution in [2.75, 3.05) is 37.2 Å². The average molecular weight is 610 g/mol. The molecule has 3 aromatic rings. The molecule has 0 radical (unpaired) electrons. The maximum Gasteiger partial charge on any atom is 0.374 e. The number of benzene rings is 2. The van der Waals surface area contributed by atoms with Crippen molar-refractivity contribution >= 4 is 43.1 Å². The number of rotatable bonds is 13. The molecule has 1 aliphatic rings. The van der Waals surface area contributed by atoms with Crippen molar-refractivity contribution in [3.05, 3.63) is 59.8 Å². The van der Waals surface area contributed by atoms with Crippen molar-refractivity contribution in [1.29, 1.82) is 0 Å². The Balaban J connectivity index is 1.73. The van der Waals surface area contributed by atoms with Gasteiger partial charge in [-0.25, -0.2) is 0 Å². The van der Waals surface area contributed by atoms with E-state index in [2.05, 4.69) is 0 Å². The Kier molecular flexibility index (Phi) is 9.27. The van der Waals surface area contributed by atoms with E-state index in [4.69, 9.17) is 18.6 Å². The summed E-state index contributed by atoms with van der Waals surface area (Å²) in [5.74, 6) is 1.86. The molecule has 4 rings (SSSR count). The van der Waals surface area contributed by atoms with Gasteiger partial charge >= 0.3 is 5.89 Å². The highest BCUT2D eigenvalue weighted by molar-refractivity contribution is 7.86. The zero-order valence-corrected chi connectivity index (χ0v) is 24.6. The summed E-state index contributed by atoms with van der Waals surface area (Å²) in [6.07, 6.45) is 4.50. The molecule has 0 fully saturated rings. The number of aryl methyl sites for hydroxylation is 1. The van der Waals surface area contributed by atoms with Gasteiger partial charge in [-0.3, -0.25) is 9.11 Å². The second-order valence-corrected chi connectivity index (χ2v) is 12.5. The van der Waals surface area contributed by atoms with Crippen LogP contribution < -0.4 is 23.7 Å². The highest BCUT2D eigenvalue weighted by Crippen LogP contribution is 2.42. The number of fused-ring (bicyclic) bond motifs is 2. The second kappa shape index (κ2) is 12.5. The molecule has 0 unspecified atom stereocenters. The summed E-state index contributed by atoms with van der Waals surface area (Å²) in [4.78, 5) is 1.82. The molecule has 2 N–H and O–H groups in total. The first kappa shape index (κ1) is 30.4. The van der Waals surface area contributed by atoms with E-state index in [1.165, 1.54) is 0 Å². The molecule has 2 heterocycles. The largest absolute Gasteiger partial charge is 0.497 e. The summed E-state index contributed by atoms with van der Waals surface area (Å²) in [5, 5.41) is 0. The number of nitrogens with zero attached hydrogens (tertiary/aromatic N) is 2. The summed E-state index contributed by atoms with van der Waals surface area (Å²) in [5.41, 5.74) is 2.75. The van der Waals surface area contributed by atoms with Crippen molar-refractivity contribution < 1.29 is 49.1 Å². The predicted octanol–water partition coefficient (Wildman–Crippen LogP) is 3.83. The van der Waals surface area contributed by atoms with Gasteiger partial charge in [0.15, 0.2) is 12.3 Å². The summed E-state index contributed by atoms with van der Waals surface area (Å²) in [6, 6.07) is 10.6. The van der Waals surface area contributed by atoms with Crippen LogP contribution >= 0.6 is 0 Å². The Morgan fingerprint density at radius 3 is 2.29 bits per heavy atom. The number of hydrogen-bond acceptors (Lipinski definition) is 9. The molecule has 0 bridgehead atoms. The molecule has 0 saturated heterocycles. The molecule has 12 nitrogen and oxygen atoms in total. The molecule has 0 atom stereocenters. The SMILES string of the molecule is CCC(=Cc1oc2ccc(OC)cc2[n+]1CCCS(=O)(=O)O)C=C1Oc2ccc(OC)cc2N1CCCS(=O)(=O)O. The van der Waals surface area contributed by atoms with Gasteiger partial charge in [0.2, 0.25) is 11.5 Å². The molecule has 0 aliphatic carbocycles. The third-order valence-electron chi connectivity index (χ3n) is 6.47. The number of aromatic nitrogens is 1. The predicted molar refractivity (Wildman–Crippen MR) is 152 cm³/mol. The Bertz CT molecular complexity index is 1690. The molecule has 1 aliphatic heterocycles. The van der Waals surface area contributed by atoms with Gasteiger partial charge in [-0.05, 0) is 42.7 Å². The monoisotopic (exact) mass is 609 g/mol. The second-order valence-electron chi connectivity index (χ2n) is 9.35. The first-order valence-corrected chi connectivity index (χ1v) is 16.1. The van der Waals surface area contributed by atoms with Crippen LogP contribution in [0.4, 0.5) is 5.69 Å². The Morgan fingerprint density at radius 1 is 0.976 bits per heavy atom. The van der Waals surface area contributed by atoms with Crippen molar-refractivity contribution in [2.45, 2.75) is 32.7 Å². The standard InChI is InChI=1S/C27H32N2O10S2/c1-4-19(15-26-28(11-5-13-40(30,31)32)22-17-20(36-2)7-9-24(22)38-26)16-27-29(12-6-14-41(33,34)35)23-18-21(37-3)8-10-25(23)39-27/h7-10,15-18H,4-6,11-14H2,1-3H3,(H-,30,31,32,33,34,35)/p+1. The highest BCUT2D eigenvalue weighted by Gasteiger charge is 2.28. The molecular formula is C27H33N2O10S2+. The first-order valence-electron chi connectivity index (χ1n) is 12.9. The molecule has 41 heavy (non-hydrogen) atoms. The van der Waals surface area contributed by atoms with Gasteiger partial charge in [0.25, 0.3) is 25.8 Å². The number of allylic oxidation sites excluding steroid dienone is 2. The number of methoxy groups -OCH3 is 2. The van der Waals surface area contributed by atoms with Crippen LogP contribution in [-0.4, -0.2) is 58.2 Å². The summed E-state index contributed by atoms with van der Waals surface area (Å²) in [6.45, 7) is 2.46. The van der Waals surface area contributed by atoms with E-state index in [0.717, 1.165) is 5.57 Å². The molecule has 1 aromatic heterocycles. The highest BCUT2D eigenvalue weighted by atomic mass is 32.2. The molecule has 222 valence electrons. The quantitative estimate of drug-likeness (QED) is 0.214. The van der Waals surface area contributed by atoms with Crippen LogP contribution in [0.3, 0.4) is 0 Å². The molecule has 2 aromatic carbocycles. The number of ether oxygens (including phenoxy) is 3. The van der Waals surface area contributed by atoms with Crippen LogP contribution in [0.5, 0.6) is 17.2 Å². The molecule has 14 heteroatoms. The average Bonchev–Trinajstić information content (AvgIpc) is 3.43. The third-order valence-corrected chi connectivity index (χ3v) is 8.08. The lowest BCUT2D eigenvalue weighted by Crippen LogP contribution is -2.36. The first-order chi connectivity index (χ1) is 19.4. The van der Waals surface area contributed by atoms with E-state index < -0.39 is 31.7 Å². The number of hydrogen-bond donors (Lipinski definition) is 2. The normalized spacial score (nSPS) is 14.9. The Hall–Kier alpha value is -3.59. The minimum absolute atomic E-state index is 0.153. The van der Waals surface area contributed by atoms with Gasteiger partial charge in [0, 0.05) is 25.1 Å². The van der Waals surface area contributed by atoms with Crippen LogP contribution in [0, 0.1) is 0 Å². The van der Waals surface area contributed by atoms with E-state index in [-0.39, 0.29) is 25.9 Å². The third kappa shape index (κ3) is 7.79. The fourth-order valence-corrected chi connectivity index (χ4v) is 5.45. The van der Waals surface area contributed by atoms with Gasteiger partial charge in [0.05, 0.1) is 43.6 Å². The summed E-state index contributed by atoms with van der Waals surface area (Å²) < 4.78 is 88.5. The van der Waals surface area contributed by atoms with Crippen LogP contribution in [0.15, 0.2) is 58.3 Å². The summed E-state index contributed by atoms with van der Waals surface area (Å²) in [7, 11) is -5.17. The van der Waals surface area contributed by atoms with E-state index in [1.807, 2.05) is 28.5 Å². The van der Waals surface area contributed by atoms with Gasteiger partial charge in [-0.2, -0.15) is 21.4 Å². The van der Waals surface area contributed by atoms with E-state index in [1.54, 1.807) is 50.6 Å². The van der Waals surface area contributed by atoms with Crippen LogP contribution in [-0.2, 0) is 26.8 Å². The van der Waals surface area contributed by atoms with Gasteiger partial charge in [-0.1, -0.05) is 6.92 Å². The van der Waals surface area contributed by atoms with Gasteiger partial charge in [0.1, 0.15) is 11.5 Å². The van der Waals surface area contributed by atoms with E-state index in [0.29, 0.717) is 52.2 Å². The fourth-order valence-electron chi connectivity index (χ4n) is 4.46. The minimum atomic E-state index is -4.13. The van der Waals surface area contributed by atoms with E-state index in [9.17, 15) is 25.9 Å². The Labute approximate surface area is 238 Å². The van der Waals surface area contributed by atoms with Gasteiger partial charge in [-0.15, -0.1) is 0 Å². The van der Waals surface area contributed by atoms with E-state index >= 15 is 0 Å². The zero-order chi connectivity index (χ0) is 29.8. The maximum atomic E-state index is 11.3. The minimum Gasteiger partial charge on any atom is -0.497 e. The fraction of sp³-hybridized carbons (Fsp3) is 0.370. The van der Waals surface area contributed by atoms with Crippen molar-refractivity contribution in [1.82, 2.24) is 0 Å². The number of anilines is 1.